The molecule has 0 saturated heterocycles. The molecular weight excluding hydrogens is 194 g/mol. The van der Waals surface area contributed by atoms with Crippen LogP contribution in [0.4, 0.5) is 0 Å². The minimum atomic E-state index is -0.0267. The van der Waals surface area contributed by atoms with Crippen LogP contribution in [0, 0.1) is 0 Å². The Morgan fingerprint density at radius 2 is 2.14 bits per heavy atom. The molecule has 0 amide bonds. The van der Waals surface area contributed by atoms with E-state index in [1.807, 2.05) is 7.05 Å². The second-order valence-corrected chi connectivity index (χ2v) is 5.18. The molecule has 1 aromatic heterocycles. The lowest BCUT2D eigenvalue weighted by molar-refractivity contribution is 0.396. The maximum atomic E-state index is 4.61. The third-order valence-corrected chi connectivity index (χ3v) is 3.10. The molecule has 0 aromatic carbocycles. The fraction of sp³-hybridized carbons (Fsp3) is 0.700. The normalized spacial score (nSPS) is 12.4. The van der Waals surface area contributed by atoms with Crippen molar-refractivity contribution in [3.05, 3.63) is 16.1 Å². The molecule has 0 unspecified atom stereocenters. The Labute approximate surface area is 90.2 Å². The minimum absolute atomic E-state index is 0.0267. The van der Waals surface area contributed by atoms with Crippen molar-refractivity contribution in [3.63, 3.8) is 0 Å². The Hall–Kier alpha value is -0.450. The maximum Gasteiger partial charge on any atom is 0.107 e. The van der Waals surface area contributed by atoms with Crippen molar-refractivity contribution in [1.82, 2.24) is 15.2 Å². The topological polar surface area (TPSA) is 28.2 Å². The van der Waals surface area contributed by atoms with E-state index in [1.165, 1.54) is 5.01 Å². The summed E-state index contributed by atoms with van der Waals surface area (Å²) in [7, 11) is 6.08. The van der Waals surface area contributed by atoms with Gasteiger partial charge in [0.05, 0.1) is 11.2 Å². The number of rotatable bonds is 4. The van der Waals surface area contributed by atoms with E-state index in [2.05, 4.69) is 48.5 Å². The molecule has 0 spiro atoms. The molecule has 0 radical (unpaired) electrons. The van der Waals surface area contributed by atoms with Crippen LogP contribution in [-0.4, -0.2) is 31.0 Å². The first kappa shape index (κ1) is 11.6. The Morgan fingerprint density at radius 1 is 1.50 bits per heavy atom. The van der Waals surface area contributed by atoms with Crippen molar-refractivity contribution in [2.45, 2.75) is 25.9 Å². The van der Waals surface area contributed by atoms with Crippen LogP contribution in [-0.2, 0) is 12.1 Å². The summed E-state index contributed by atoms with van der Waals surface area (Å²) in [6.45, 7) is 5.20. The number of nitrogens with zero attached hydrogens (tertiary/aromatic N) is 2. The van der Waals surface area contributed by atoms with Gasteiger partial charge in [-0.15, -0.1) is 11.3 Å². The lowest BCUT2D eigenvalue weighted by atomic mass is 10.0. The van der Waals surface area contributed by atoms with Crippen LogP contribution in [0.2, 0.25) is 0 Å². The van der Waals surface area contributed by atoms with Gasteiger partial charge in [0.2, 0.25) is 0 Å². The van der Waals surface area contributed by atoms with Gasteiger partial charge in [-0.05, 0) is 35.0 Å². The molecule has 1 N–H and O–H groups in total. The Morgan fingerprint density at radius 3 is 2.64 bits per heavy atom. The first-order valence-corrected chi connectivity index (χ1v) is 5.62. The van der Waals surface area contributed by atoms with Gasteiger partial charge in [-0.2, -0.15) is 0 Å². The zero-order valence-corrected chi connectivity index (χ0v) is 10.4. The highest BCUT2D eigenvalue weighted by Crippen LogP contribution is 2.22. The molecule has 4 heteroatoms. The first-order chi connectivity index (χ1) is 6.45. The summed E-state index contributed by atoms with van der Waals surface area (Å²) in [5.74, 6) is 0. The Balaban J connectivity index is 2.77. The van der Waals surface area contributed by atoms with E-state index in [1.54, 1.807) is 11.3 Å². The van der Waals surface area contributed by atoms with Crippen LogP contribution in [0.15, 0.2) is 5.38 Å². The van der Waals surface area contributed by atoms with E-state index in [9.17, 15) is 0 Å². The van der Waals surface area contributed by atoms with Gasteiger partial charge in [0.25, 0.3) is 0 Å². The summed E-state index contributed by atoms with van der Waals surface area (Å²) < 4.78 is 0. The number of thiazole rings is 1. The highest BCUT2D eigenvalue weighted by molar-refractivity contribution is 7.09. The zero-order chi connectivity index (χ0) is 10.8. The fourth-order valence-electron chi connectivity index (χ4n) is 1.07. The summed E-state index contributed by atoms with van der Waals surface area (Å²) in [5, 5.41) is 6.56. The largest absolute Gasteiger partial charge is 0.310 e. The molecule has 0 aliphatic carbocycles. The quantitative estimate of drug-likeness (QED) is 0.824. The Kier molecular flexibility index (Phi) is 3.64. The summed E-state index contributed by atoms with van der Waals surface area (Å²) in [6, 6.07) is 0. The molecule has 0 atom stereocenters. The van der Waals surface area contributed by atoms with Crippen LogP contribution in [0.5, 0.6) is 0 Å². The molecule has 1 heterocycles. The molecule has 80 valence electrons. The number of aromatic nitrogens is 1. The minimum Gasteiger partial charge on any atom is -0.310 e. The van der Waals surface area contributed by atoms with Crippen molar-refractivity contribution in [3.8, 4) is 0 Å². The van der Waals surface area contributed by atoms with Crippen LogP contribution in [0.1, 0.15) is 24.5 Å². The summed E-state index contributed by atoms with van der Waals surface area (Å²) in [4.78, 5) is 6.74. The van der Waals surface area contributed by atoms with E-state index in [0.717, 1.165) is 12.2 Å². The van der Waals surface area contributed by atoms with Gasteiger partial charge in [-0.3, -0.25) is 0 Å². The van der Waals surface area contributed by atoms with Gasteiger partial charge in [0, 0.05) is 11.9 Å². The SMILES string of the molecule is CNC(C)(C)c1csc(CN(C)C)n1. The van der Waals surface area contributed by atoms with E-state index in [0.29, 0.717) is 0 Å². The highest BCUT2D eigenvalue weighted by atomic mass is 32.1. The maximum absolute atomic E-state index is 4.61. The van der Waals surface area contributed by atoms with Crippen molar-refractivity contribution < 1.29 is 0 Å². The van der Waals surface area contributed by atoms with Crippen LogP contribution in [0.3, 0.4) is 0 Å². The van der Waals surface area contributed by atoms with Crippen molar-refractivity contribution in [2.24, 2.45) is 0 Å². The summed E-state index contributed by atoms with van der Waals surface area (Å²) >= 11 is 1.73. The molecule has 0 saturated carbocycles. The molecule has 0 bridgehead atoms. The molecule has 3 nitrogen and oxygen atoms in total. The van der Waals surface area contributed by atoms with Crippen LogP contribution in [0.25, 0.3) is 0 Å². The van der Waals surface area contributed by atoms with Gasteiger partial charge in [-0.1, -0.05) is 0 Å². The van der Waals surface area contributed by atoms with Gasteiger partial charge in [0.15, 0.2) is 0 Å². The van der Waals surface area contributed by atoms with E-state index in [-0.39, 0.29) is 5.54 Å². The highest BCUT2D eigenvalue weighted by Gasteiger charge is 2.20. The Bertz CT molecular complexity index is 291. The molecule has 0 fully saturated rings. The van der Waals surface area contributed by atoms with Gasteiger partial charge in [0.1, 0.15) is 5.01 Å². The lowest BCUT2D eigenvalue weighted by Gasteiger charge is -2.21. The fourth-order valence-corrected chi connectivity index (χ4v) is 2.15. The lowest BCUT2D eigenvalue weighted by Crippen LogP contribution is -2.33. The predicted molar refractivity (Wildman–Crippen MR) is 61.6 cm³/mol. The molecule has 0 aliphatic heterocycles. The van der Waals surface area contributed by atoms with Crippen molar-refractivity contribution in [2.75, 3.05) is 21.1 Å². The van der Waals surface area contributed by atoms with E-state index < -0.39 is 0 Å². The average molecular weight is 213 g/mol. The second kappa shape index (κ2) is 4.38. The second-order valence-electron chi connectivity index (χ2n) is 4.24. The monoisotopic (exact) mass is 213 g/mol. The molecule has 1 rings (SSSR count). The van der Waals surface area contributed by atoms with Gasteiger partial charge < -0.3 is 10.2 Å². The van der Waals surface area contributed by atoms with E-state index in [4.69, 9.17) is 0 Å². The number of hydrogen-bond acceptors (Lipinski definition) is 4. The summed E-state index contributed by atoms with van der Waals surface area (Å²) in [5.41, 5.74) is 1.10. The molecule has 14 heavy (non-hydrogen) atoms. The number of nitrogens with one attached hydrogen (secondary N) is 1. The zero-order valence-electron chi connectivity index (χ0n) is 9.59. The third-order valence-electron chi connectivity index (χ3n) is 2.27. The number of hydrogen-bond donors (Lipinski definition) is 1. The van der Waals surface area contributed by atoms with Crippen LogP contribution >= 0.6 is 11.3 Å². The standard InChI is InChI=1S/C10H19N3S/c1-10(2,11-3)8-7-14-9(12-8)6-13(4)5/h7,11H,6H2,1-5H3. The van der Waals surface area contributed by atoms with Gasteiger partial charge in [-0.25, -0.2) is 4.98 Å². The summed E-state index contributed by atoms with van der Waals surface area (Å²) in [6.07, 6.45) is 0. The van der Waals surface area contributed by atoms with E-state index >= 15 is 0 Å². The molecular formula is C10H19N3S. The average Bonchev–Trinajstić information content (AvgIpc) is 2.52. The predicted octanol–water partition coefficient (Wildman–Crippen LogP) is 1.66. The smallest absolute Gasteiger partial charge is 0.107 e. The molecule has 1 aromatic rings. The van der Waals surface area contributed by atoms with Crippen molar-refractivity contribution in [1.29, 1.82) is 0 Å². The van der Waals surface area contributed by atoms with Crippen molar-refractivity contribution >= 4 is 11.3 Å². The van der Waals surface area contributed by atoms with Gasteiger partial charge >= 0.3 is 0 Å². The first-order valence-electron chi connectivity index (χ1n) is 4.74. The molecule has 0 aliphatic rings. The third kappa shape index (κ3) is 2.77. The van der Waals surface area contributed by atoms with Crippen LogP contribution < -0.4 is 5.32 Å².